The third-order valence-electron chi connectivity index (χ3n) is 4.57. The first-order valence-electron chi connectivity index (χ1n) is 8.05. The van der Waals surface area contributed by atoms with E-state index in [2.05, 4.69) is 15.6 Å². The van der Waals surface area contributed by atoms with Gasteiger partial charge in [0, 0.05) is 28.5 Å². The van der Waals surface area contributed by atoms with Crippen LogP contribution >= 0.6 is 11.6 Å². The Morgan fingerprint density at radius 3 is 2.76 bits per heavy atom. The summed E-state index contributed by atoms with van der Waals surface area (Å²) in [6.07, 6.45) is 2.18. The summed E-state index contributed by atoms with van der Waals surface area (Å²) in [5.41, 5.74) is 3.84. The highest BCUT2D eigenvalue weighted by molar-refractivity contribution is 6.30. The quantitative estimate of drug-likeness (QED) is 0.777. The molecule has 0 unspecified atom stereocenters. The number of amides is 1. The number of carbonyl (C=O) groups is 1. The Balaban J connectivity index is 1.73. The fraction of sp³-hybridized carbons (Fsp3) is 0.278. The van der Waals surface area contributed by atoms with Gasteiger partial charge in [-0.25, -0.2) is 4.68 Å². The Morgan fingerprint density at radius 1 is 1.32 bits per heavy atom. The van der Waals surface area contributed by atoms with Crippen molar-refractivity contribution in [3.63, 3.8) is 0 Å². The summed E-state index contributed by atoms with van der Waals surface area (Å²) in [6.45, 7) is 4.33. The van der Waals surface area contributed by atoms with Crippen molar-refractivity contribution in [2.75, 3.05) is 5.32 Å². The predicted octanol–water partition coefficient (Wildman–Crippen LogP) is 3.66. The van der Waals surface area contributed by atoms with Gasteiger partial charge in [-0.2, -0.15) is 5.10 Å². The highest BCUT2D eigenvalue weighted by Crippen LogP contribution is 2.39. The highest BCUT2D eigenvalue weighted by atomic mass is 35.5. The molecule has 3 aromatic rings. The average molecular weight is 357 g/mol. The summed E-state index contributed by atoms with van der Waals surface area (Å²) >= 11 is 5.94. The number of nitrogens with zero attached hydrogens (tertiary/aromatic N) is 3. The molecular formula is C18H17ClN4O2. The van der Waals surface area contributed by atoms with Gasteiger partial charge in [-0.15, -0.1) is 0 Å². The highest BCUT2D eigenvalue weighted by Gasteiger charge is 2.33. The van der Waals surface area contributed by atoms with Crippen LogP contribution < -0.4 is 5.32 Å². The molecule has 0 fully saturated rings. The molecule has 0 aliphatic carbocycles. The number of fused-ring (bicyclic) bond motifs is 1. The molecule has 0 spiro atoms. The van der Waals surface area contributed by atoms with Crippen LogP contribution in [0, 0.1) is 13.8 Å². The van der Waals surface area contributed by atoms with E-state index in [0.29, 0.717) is 18.0 Å². The maximum atomic E-state index is 12.3. The van der Waals surface area contributed by atoms with E-state index in [4.69, 9.17) is 16.1 Å². The SMILES string of the molecule is Cc1noc(C)c1[C@@H]1CC(=O)Nc2c1cnn2Cc1ccc(Cl)cc1. The van der Waals surface area contributed by atoms with Crippen molar-refractivity contribution in [1.29, 1.82) is 0 Å². The van der Waals surface area contributed by atoms with Crippen LogP contribution in [0.25, 0.3) is 0 Å². The minimum atomic E-state index is -0.0889. The first-order valence-corrected chi connectivity index (χ1v) is 8.43. The van der Waals surface area contributed by atoms with Crippen molar-refractivity contribution < 1.29 is 9.32 Å². The zero-order valence-corrected chi connectivity index (χ0v) is 14.7. The molecule has 25 heavy (non-hydrogen) atoms. The minimum absolute atomic E-state index is 0.0321. The lowest BCUT2D eigenvalue weighted by Gasteiger charge is -2.23. The molecule has 1 amide bonds. The standard InChI is InChI=1S/C18H17ClN4O2/c1-10-17(11(2)25-22-10)14-7-16(24)21-18-15(14)8-20-23(18)9-12-3-5-13(19)6-4-12/h3-6,8,14H,7,9H2,1-2H3,(H,21,24)/t14-/m1/s1. The molecule has 0 radical (unpaired) electrons. The predicted molar refractivity (Wildman–Crippen MR) is 93.8 cm³/mol. The zero-order chi connectivity index (χ0) is 17.6. The smallest absolute Gasteiger partial charge is 0.226 e. The summed E-state index contributed by atoms with van der Waals surface area (Å²) in [6, 6.07) is 7.59. The van der Waals surface area contributed by atoms with Gasteiger partial charge >= 0.3 is 0 Å². The van der Waals surface area contributed by atoms with E-state index in [-0.39, 0.29) is 11.8 Å². The van der Waals surface area contributed by atoms with Crippen LogP contribution in [-0.2, 0) is 11.3 Å². The molecule has 1 aliphatic heterocycles. The molecule has 1 aliphatic rings. The lowest BCUT2D eigenvalue weighted by Crippen LogP contribution is -2.25. The number of halogens is 1. The van der Waals surface area contributed by atoms with E-state index in [1.807, 2.05) is 44.3 Å². The van der Waals surface area contributed by atoms with E-state index in [1.165, 1.54) is 0 Å². The number of anilines is 1. The fourth-order valence-corrected chi connectivity index (χ4v) is 3.52. The van der Waals surface area contributed by atoms with Gasteiger partial charge in [-0.05, 0) is 31.5 Å². The van der Waals surface area contributed by atoms with Gasteiger partial charge in [0.1, 0.15) is 11.6 Å². The largest absolute Gasteiger partial charge is 0.361 e. The molecule has 1 N–H and O–H groups in total. The van der Waals surface area contributed by atoms with Gasteiger partial charge in [-0.1, -0.05) is 28.9 Å². The number of hydrogen-bond acceptors (Lipinski definition) is 4. The first-order chi connectivity index (χ1) is 12.0. The fourth-order valence-electron chi connectivity index (χ4n) is 3.40. The van der Waals surface area contributed by atoms with Crippen molar-refractivity contribution in [3.05, 3.63) is 63.6 Å². The second kappa shape index (κ2) is 6.04. The molecule has 3 heterocycles. The van der Waals surface area contributed by atoms with Gasteiger partial charge in [0.2, 0.25) is 5.91 Å². The van der Waals surface area contributed by atoms with E-state index >= 15 is 0 Å². The zero-order valence-electron chi connectivity index (χ0n) is 13.9. The maximum absolute atomic E-state index is 12.3. The van der Waals surface area contributed by atoms with Crippen LogP contribution in [0.4, 0.5) is 5.82 Å². The molecule has 2 aromatic heterocycles. The third-order valence-corrected chi connectivity index (χ3v) is 4.83. The third kappa shape index (κ3) is 2.82. The van der Waals surface area contributed by atoms with Crippen molar-refractivity contribution in [1.82, 2.24) is 14.9 Å². The molecule has 6 nitrogen and oxygen atoms in total. The van der Waals surface area contributed by atoms with Crippen LogP contribution in [-0.4, -0.2) is 20.8 Å². The number of nitrogens with one attached hydrogen (secondary N) is 1. The van der Waals surface area contributed by atoms with Crippen molar-refractivity contribution >= 4 is 23.3 Å². The van der Waals surface area contributed by atoms with Crippen LogP contribution in [0.15, 0.2) is 35.0 Å². The van der Waals surface area contributed by atoms with Gasteiger partial charge in [0.25, 0.3) is 0 Å². The molecule has 4 rings (SSSR count). The molecule has 0 saturated carbocycles. The van der Waals surface area contributed by atoms with Crippen LogP contribution in [0.3, 0.4) is 0 Å². The molecule has 0 bridgehead atoms. The number of hydrogen-bond donors (Lipinski definition) is 1. The summed E-state index contributed by atoms with van der Waals surface area (Å²) in [7, 11) is 0. The number of carbonyl (C=O) groups excluding carboxylic acids is 1. The summed E-state index contributed by atoms with van der Waals surface area (Å²) in [4.78, 5) is 12.3. The number of rotatable bonds is 3. The molecule has 7 heteroatoms. The number of benzene rings is 1. The van der Waals surface area contributed by atoms with Crippen molar-refractivity contribution in [3.8, 4) is 0 Å². The number of aromatic nitrogens is 3. The number of aryl methyl sites for hydroxylation is 2. The first kappa shape index (κ1) is 15.9. The van der Waals surface area contributed by atoms with Crippen molar-refractivity contribution in [2.24, 2.45) is 0 Å². The Labute approximate surface area is 149 Å². The van der Waals surface area contributed by atoms with E-state index in [0.717, 1.165) is 34.0 Å². The Kier molecular flexibility index (Phi) is 3.84. The lowest BCUT2D eigenvalue weighted by molar-refractivity contribution is -0.116. The van der Waals surface area contributed by atoms with E-state index < -0.39 is 0 Å². The second-order valence-corrected chi connectivity index (χ2v) is 6.71. The van der Waals surface area contributed by atoms with Gasteiger partial charge in [-0.3, -0.25) is 4.79 Å². The monoisotopic (exact) mass is 356 g/mol. The lowest BCUT2D eigenvalue weighted by atomic mass is 9.86. The maximum Gasteiger partial charge on any atom is 0.226 e. The van der Waals surface area contributed by atoms with Gasteiger partial charge in [0.05, 0.1) is 18.4 Å². The summed E-state index contributed by atoms with van der Waals surface area (Å²) < 4.78 is 7.10. The van der Waals surface area contributed by atoms with Gasteiger partial charge < -0.3 is 9.84 Å². The van der Waals surface area contributed by atoms with Gasteiger partial charge in [0.15, 0.2) is 0 Å². The van der Waals surface area contributed by atoms with Crippen LogP contribution in [0.1, 0.15) is 40.5 Å². The second-order valence-electron chi connectivity index (χ2n) is 6.28. The topological polar surface area (TPSA) is 73.0 Å². The molecule has 1 atom stereocenters. The Bertz CT molecular complexity index is 923. The molecule has 0 saturated heterocycles. The molecular weight excluding hydrogens is 340 g/mol. The molecule has 1 aromatic carbocycles. The van der Waals surface area contributed by atoms with Crippen molar-refractivity contribution in [2.45, 2.75) is 32.7 Å². The van der Waals surface area contributed by atoms with Crippen LogP contribution in [0.5, 0.6) is 0 Å². The average Bonchev–Trinajstić information content (AvgIpc) is 3.13. The van der Waals surface area contributed by atoms with Crippen LogP contribution in [0.2, 0.25) is 5.02 Å². The molecule has 128 valence electrons. The minimum Gasteiger partial charge on any atom is -0.361 e. The Morgan fingerprint density at radius 2 is 2.08 bits per heavy atom. The Hall–Kier alpha value is -2.60. The van der Waals surface area contributed by atoms with E-state index in [1.54, 1.807) is 4.68 Å². The summed E-state index contributed by atoms with van der Waals surface area (Å²) in [5.74, 6) is 1.36. The van der Waals surface area contributed by atoms with E-state index in [9.17, 15) is 4.79 Å². The summed E-state index contributed by atoms with van der Waals surface area (Å²) in [5, 5.41) is 12.2. The normalized spacial score (nSPS) is 16.6.